The SMILES string of the molecule is CCCCCN(C)C(=O)NCc1nc(C)c(C(=O)O)s1. The van der Waals surface area contributed by atoms with Crippen molar-refractivity contribution in [3.63, 3.8) is 0 Å². The molecule has 1 aromatic rings. The Morgan fingerprint density at radius 2 is 2.10 bits per heavy atom. The average Bonchev–Trinajstić information content (AvgIpc) is 2.77. The molecule has 0 saturated carbocycles. The second-order valence-electron chi connectivity index (χ2n) is 4.61. The number of hydrogen-bond donors (Lipinski definition) is 2. The lowest BCUT2D eigenvalue weighted by Gasteiger charge is -2.17. The van der Waals surface area contributed by atoms with Crippen LogP contribution >= 0.6 is 11.3 Å². The van der Waals surface area contributed by atoms with Crippen molar-refractivity contribution in [1.82, 2.24) is 15.2 Å². The number of thiazole rings is 1. The molecule has 0 aliphatic heterocycles. The molecule has 0 saturated heterocycles. The van der Waals surface area contributed by atoms with Gasteiger partial charge < -0.3 is 15.3 Å². The van der Waals surface area contributed by atoms with E-state index in [1.54, 1.807) is 18.9 Å². The zero-order valence-corrected chi connectivity index (χ0v) is 12.9. The predicted octanol–water partition coefficient (Wildman–Crippen LogP) is 2.48. The summed E-state index contributed by atoms with van der Waals surface area (Å²) in [5.41, 5.74) is 0.489. The third-order valence-electron chi connectivity index (χ3n) is 2.87. The van der Waals surface area contributed by atoms with E-state index in [0.29, 0.717) is 10.7 Å². The predicted molar refractivity (Wildman–Crippen MR) is 78.2 cm³/mol. The topological polar surface area (TPSA) is 82.5 Å². The van der Waals surface area contributed by atoms with Crippen LogP contribution in [0.25, 0.3) is 0 Å². The van der Waals surface area contributed by atoms with Crippen molar-refractivity contribution >= 4 is 23.3 Å². The van der Waals surface area contributed by atoms with E-state index in [0.717, 1.165) is 37.1 Å². The number of nitrogens with one attached hydrogen (secondary N) is 1. The van der Waals surface area contributed by atoms with Gasteiger partial charge in [-0.2, -0.15) is 0 Å². The molecular weight excluding hydrogens is 278 g/mol. The van der Waals surface area contributed by atoms with E-state index < -0.39 is 5.97 Å². The third-order valence-corrected chi connectivity index (χ3v) is 4.02. The van der Waals surface area contributed by atoms with Crippen LogP contribution in [0.4, 0.5) is 4.79 Å². The highest BCUT2D eigenvalue weighted by Crippen LogP contribution is 2.17. The largest absolute Gasteiger partial charge is 0.477 e. The number of carbonyl (C=O) groups is 2. The molecule has 0 aliphatic carbocycles. The maximum Gasteiger partial charge on any atom is 0.347 e. The number of carbonyl (C=O) groups excluding carboxylic acids is 1. The zero-order valence-electron chi connectivity index (χ0n) is 12.1. The van der Waals surface area contributed by atoms with Gasteiger partial charge in [-0.05, 0) is 13.3 Å². The highest BCUT2D eigenvalue weighted by atomic mass is 32.1. The van der Waals surface area contributed by atoms with Crippen molar-refractivity contribution in [3.8, 4) is 0 Å². The first-order valence-electron chi connectivity index (χ1n) is 6.64. The second-order valence-corrected chi connectivity index (χ2v) is 5.70. The van der Waals surface area contributed by atoms with E-state index >= 15 is 0 Å². The molecule has 1 rings (SSSR count). The quantitative estimate of drug-likeness (QED) is 0.758. The summed E-state index contributed by atoms with van der Waals surface area (Å²) in [6.45, 7) is 4.75. The molecule has 0 bridgehead atoms. The Morgan fingerprint density at radius 3 is 2.65 bits per heavy atom. The smallest absolute Gasteiger partial charge is 0.347 e. The maximum absolute atomic E-state index is 11.8. The van der Waals surface area contributed by atoms with Gasteiger partial charge in [0, 0.05) is 13.6 Å². The second kappa shape index (κ2) is 7.84. The average molecular weight is 299 g/mol. The summed E-state index contributed by atoms with van der Waals surface area (Å²) >= 11 is 1.10. The Labute approximate surface area is 122 Å². The molecule has 6 nitrogen and oxygen atoms in total. The van der Waals surface area contributed by atoms with Gasteiger partial charge in [0.05, 0.1) is 12.2 Å². The van der Waals surface area contributed by atoms with Gasteiger partial charge in [-0.25, -0.2) is 14.6 Å². The van der Waals surface area contributed by atoms with E-state index in [1.807, 2.05) is 0 Å². The van der Waals surface area contributed by atoms with Gasteiger partial charge >= 0.3 is 12.0 Å². The molecule has 20 heavy (non-hydrogen) atoms. The Hall–Kier alpha value is -1.63. The molecular formula is C13H21N3O3S. The Bertz CT molecular complexity index is 473. The third kappa shape index (κ3) is 4.80. The molecule has 0 fully saturated rings. The molecule has 0 atom stereocenters. The van der Waals surface area contributed by atoms with Gasteiger partial charge in [0.2, 0.25) is 0 Å². The molecule has 7 heteroatoms. The van der Waals surface area contributed by atoms with Crippen LogP contribution in [0.1, 0.15) is 46.6 Å². The van der Waals surface area contributed by atoms with E-state index in [4.69, 9.17) is 5.11 Å². The van der Waals surface area contributed by atoms with Crippen molar-refractivity contribution in [2.75, 3.05) is 13.6 Å². The number of urea groups is 1. The standard InChI is InChI=1S/C13H21N3O3S/c1-4-5-6-7-16(3)13(19)14-8-10-15-9(2)11(20-10)12(17)18/h4-8H2,1-3H3,(H,14,19)(H,17,18). The van der Waals surface area contributed by atoms with E-state index in [1.165, 1.54) is 0 Å². The summed E-state index contributed by atoms with van der Waals surface area (Å²) in [6.07, 6.45) is 3.21. The first-order valence-corrected chi connectivity index (χ1v) is 7.46. The molecule has 2 amide bonds. The van der Waals surface area contributed by atoms with Crippen LogP contribution < -0.4 is 5.32 Å². The van der Waals surface area contributed by atoms with Crippen molar-refractivity contribution in [2.24, 2.45) is 0 Å². The molecule has 0 radical (unpaired) electrons. The monoisotopic (exact) mass is 299 g/mol. The van der Waals surface area contributed by atoms with Gasteiger partial charge in [0.15, 0.2) is 0 Å². The van der Waals surface area contributed by atoms with Crippen LogP contribution in [0.5, 0.6) is 0 Å². The number of hydrogen-bond acceptors (Lipinski definition) is 4. The maximum atomic E-state index is 11.8. The fourth-order valence-electron chi connectivity index (χ4n) is 1.71. The number of nitrogens with zero attached hydrogens (tertiary/aromatic N) is 2. The normalized spacial score (nSPS) is 10.3. The number of rotatable bonds is 7. The number of amides is 2. The van der Waals surface area contributed by atoms with Crippen LogP contribution in [-0.2, 0) is 6.54 Å². The summed E-state index contributed by atoms with van der Waals surface area (Å²) in [7, 11) is 1.75. The van der Waals surface area contributed by atoms with E-state index in [9.17, 15) is 9.59 Å². The van der Waals surface area contributed by atoms with E-state index in [-0.39, 0.29) is 17.5 Å². The number of aromatic nitrogens is 1. The molecule has 1 aromatic heterocycles. The van der Waals surface area contributed by atoms with E-state index in [2.05, 4.69) is 17.2 Å². The number of aromatic carboxylic acids is 1. The van der Waals surface area contributed by atoms with Gasteiger partial charge in [0.25, 0.3) is 0 Å². The molecule has 2 N–H and O–H groups in total. The molecule has 112 valence electrons. The number of unbranched alkanes of at least 4 members (excludes halogenated alkanes) is 2. The molecule has 0 aromatic carbocycles. The highest BCUT2D eigenvalue weighted by Gasteiger charge is 2.15. The van der Waals surface area contributed by atoms with Gasteiger partial charge in [-0.3, -0.25) is 0 Å². The zero-order chi connectivity index (χ0) is 15.1. The van der Waals surface area contributed by atoms with Crippen LogP contribution in [0.15, 0.2) is 0 Å². The van der Waals surface area contributed by atoms with Gasteiger partial charge in [0.1, 0.15) is 9.88 Å². The number of carboxylic acids is 1. The summed E-state index contributed by atoms with van der Waals surface area (Å²) in [4.78, 5) is 28.7. The first kappa shape index (κ1) is 16.4. The Balaban J connectivity index is 2.44. The molecule has 0 aliphatic rings. The van der Waals surface area contributed by atoms with Crippen LogP contribution in [0, 0.1) is 6.92 Å². The van der Waals surface area contributed by atoms with Crippen molar-refractivity contribution in [1.29, 1.82) is 0 Å². The van der Waals surface area contributed by atoms with Crippen molar-refractivity contribution < 1.29 is 14.7 Å². The molecule has 1 heterocycles. The Kier molecular flexibility index (Phi) is 6.44. The van der Waals surface area contributed by atoms with Crippen LogP contribution in [0.3, 0.4) is 0 Å². The summed E-state index contributed by atoms with van der Waals surface area (Å²) in [5, 5.41) is 12.3. The van der Waals surface area contributed by atoms with Crippen molar-refractivity contribution in [3.05, 3.63) is 15.6 Å². The summed E-state index contributed by atoms with van der Waals surface area (Å²) in [5.74, 6) is -0.978. The lowest BCUT2D eigenvalue weighted by molar-refractivity contribution is 0.0701. The number of carboxylic acid groups (broad SMARTS) is 1. The first-order chi connectivity index (χ1) is 9.45. The number of aryl methyl sites for hydroxylation is 1. The molecule has 0 spiro atoms. The lowest BCUT2D eigenvalue weighted by Crippen LogP contribution is -2.37. The summed E-state index contributed by atoms with van der Waals surface area (Å²) in [6, 6.07) is -0.161. The fraction of sp³-hybridized carbons (Fsp3) is 0.615. The Morgan fingerprint density at radius 1 is 1.40 bits per heavy atom. The minimum absolute atomic E-state index is 0.161. The highest BCUT2D eigenvalue weighted by molar-refractivity contribution is 7.13. The fourth-order valence-corrected chi connectivity index (χ4v) is 2.56. The lowest BCUT2D eigenvalue weighted by atomic mass is 10.2. The van der Waals surface area contributed by atoms with Crippen LogP contribution in [0.2, 0.25) is 0 Å². The minimum Gasteiger partial charge on any atom is -0.477 e. The summed E-state index contributed by atoms with van der Waals surface area (Å²) < 4.78 is 0. The van der Waals surface area contributed by atoms with Gasteiger partial charge in [-0.15, -0.1) is 11.3 Å². The van der Waals surface area contributed by atoms with Crippen LogP contribution in [-0.4, -0.2) is 40.6 Å². The van der Waals surface area contributed by atoms with Gasteiger partial charge in [-0.1, -0.05) is 19.8 Å². The van der Waals surface area contributed by atoms with Crippen molar-refractivity contribution in [2.45, 2.75) is 39.7 Å². The minimum atomic E-state index is -0.978. The molecule has 0 unspecified atom stereocenters.